The van der Waals surface area contributed by atoms with Crippen LogP contribution in [0.2, 0.25) is 0 Å². The first kappa shape index (κ1) is 13.5. The maximum atomic E-state index is 10.7. The molecule has 4 nitrogen and oxygen atoms in total. The molecule has 94 valence electrons. The maximum Gasteiger partial charge on any atom is 0.304 e. The number of rotatable bonds is 7. The monoisotopic (exact) mass is 237 g/mol. The van der Waals surface area contributed by atoms with Gasteiger partial charge in [0.15, 0.2) is 0 Å². The lowest BCUT2D eigenvalue weighted by Crippen LogP contribution is -2.16. The van der Waals surface area contributed by atoms with Crippen molar-refractivity contribution in [3.8, 4) is 5.75 Å². The molecule has 1 aromatic rings. The van der Waals surface area contributed by atoms with Crippen LogP contribution in [0, 0.1) is 0 Å². The second kappa shape index (κ2) is 6.91. The summed E-state index contributed by atoms with van der Waals surface area (Å²) >= 11 is 0. The van der Waals surface area contributed by atoms with Crippen LogP contribution in [-0.2, 0) is 4.79 Å². The van der Waals surface area contributed by atoms with Crippen LogP contribution >= 0.6 is 0 Å². The highest BCUT2D eigenvalue weighted by molar-refractivity contribution is 5.68. The summed E-state index contributed by atoms with van der Waals surface area (Å²) in [5, 5.41) is 8.80. The molecule has 0 saturated heterocycles. The Morgan fingerprint density at radius 3 is 2.88 bits per heavy atom. The van der Waals surface area contributed by atoms with Crippen LogP contribution in [0.15, 0.2) is 24.3 Å². The molecule has 0 aliphatic heterocycles. The van der Waals surface area contributed by atoms with E-state index in [1.54, 1.807) is 0 Å². The summed E-state index contributed by atoms with van der Waals surface area (Å²) in [5.41, 5.74) is 6.52. The Morgan fingerprint density at radius 1 is 1.53 bits per heavy atom. The summed E-state index contributed by atoms with van der Waals surface area (Å²) < 4.78 is 5.51. The summed E-state index contributed by atoms with van der Waals surface area (Å²) in [5.74, 6) is -0.216. The van der Waals surface area contributed by atoms with E-state index in [4.69, 9.17) is 15.6 Å². The van der Waals surface area contributed by atoms with Crippen molar-refractivity contribution >= 4 is 5.97 Å². The zero-order valence-electron chi connectivity index (χ0n) is 10.1. The van der Waals surface area contributed by atoms with E-state index in [1.807, 2.05) is 31.2 Å². The molecule has 1 atom stereocenters. The van der Waals surface area contributed by atoms with Crippen LogP contribution in [0.1, 0.15) is 31.2 Å². The number of carboxylic acid groups (broad SMARTS) is 1. The second-order valence-corrected chi connectivity index (χ2v) is 3.95. The molecule has 1 rings (SSSR count). The van der Waals surface area contributed by atoms with Crippen molar-refractivity contribution in [2.45, 2.75) is 25.7 Å². The van der Waals surface area contributed by atoms with Gasteiger partial charge in [-0.05, 0) is 30.7 Å². The van der Waals surface area contributed by atoms with Gasteiger partial charge in [0, 0.05) is 5.92 Å². The van der Waals surface area contributed by atoms with Gasteiger partial charge >= 0.3 is 5.97 Å². The summed E-state index contributed by atoms with van der Waals surface area (Å²) in [7, 11) is 0. The Bertz CT molecular complexity index is 365. The van der Waals surface area contributed by atoms with Crippen LogP contribution < -0.4 is 10.5 Å². The van der Waals surface area contributed by atoms with Gasteiger partial charge in [-0.25, -0.2) is 0 Å². The van der Waals surface area contributed by atoms with Gasteiger partial charge in [0.05, 0.1) is 13.0 Å². The van der Waals surface area contributed by atoms with E-state index in [2.05, 4.69) is 0 Å². The molecule has 0 radical (unpaired) electrons. The molecular weight excluding hydrogens is 218 g/mol. The van der Waals surface area contributed by atoms with E-state index in [-0.39, 0.29) is 12.3 Å². The maximum absolute atomic E-state index is 10.7. The van der Waals surface area contributed by atoms with E-state index < -0.39 is 5.97 Å². The molecule has 17 heavy (non-hydrogen) atoms. The quantitative estimate of drug-likeness (QED) is 0.760. The number of nitrogens with two attached hydrogens (primary N) is 1. The van der Waals surface area contributed by atoms with Gasteiger partial charge in [-0.15, -0.1) is 0 Å². The Morgan fingerprint density at radius 2 is 2.29 bits per heavy atom. The second-order valence-electron chi connectivity index (χ2n) is 3.95. The molecule has 0 amide bonds. The van der Waals surface area contributed by atoms with Gasteiger partial charge in [-0.1, -0.05) is 19.1 Å². The highest BCUT2D eigenvalue weighted by atomic mass is 16.5. The van der Waals surface area contributed by atoms with Crippen LogP contribution in [0.4, 0.5) is 0 Å². The van der Waals surface area contributed by atoms with Crippen molar-refractivity contribution in [3.63, 3.8) is 0 Å². The summed E-state index contributed by atoms with van der Waals surface area (Å²) in [4.78, 5) is 10.7. The number of ether oxygens (including phenoxy) is 1. The molecule has 0 bridgehead atoms. The van der Waals surface area contributed by atoms with E-state index in [9.17, 15) is 4.79 Å². The number of benzene rings is 1. The number of aliphatic carboxylic acids is 1. The standard InChI is InChI=1S/C13H19NO3/c1-2-6-17-12-5-3-4-10(7-12)11(9-14)8-13(15)16/h3-5,7,11H,2,6,8-9,14H2,1H3,(H,15,16). The van der Waals surface area contributed by atoms with Gasteiger partial charge in [0.1, 0.15) is 5.75 Å². The molecule has 0 aliphatic carbocycles. The predicted molar refractivity (Wildman–Crippen MR) is 66.3 cm³/mol. The third kappa shape index (κ3) is 4.44. The van der Waals surface area contributed by atoms with Gasteiger partial charge in [-0.2, -0.15) is 0 Å². The molecule has 1 unspecified atom stereocenters. The van der Waals surface area contributed by atoms with Crippen molar-refractivity contribution < 1.29 is 14.6 Å². The predicted octanol–water partition coefficient (Wildman–Crippen LogP) is 1.99. The third-order valence-corrected chi connectivity index (χ3v) is 2.51. The third-order valence-electron chi connectivity index (χ3n) is 2.51. The number of carbonyl (C=O) groups is 1. The fraction of sp³-hybridized carbons (Fsp3) is 0.462. The van der Waals surface area contributed by atoms with Crippen molar-refractivity contribution in [2.75, 3.05) is 13.2 Å². The zero-order valence-corrected chi connectivity index (χ0v) is 10.1. The lowest BCUT2D eigenvalue weighted by atomic mass is 9.96. The molecule has 1 aromatic carbocycles. The first-order chi connectivity index (χ1) is 8.17. The fourth-order valence-corrected chi connectivity index (χ4v) is 1.63. The molecule has 3 N–H and O–H groups in total. The van der Waals surface area contributed by atoms with E-state index in [1.165, 1.54) is 0 Å². The Balaban J connectivity index is 2.77. The zero-order chi connectivity index (χ0) is 12.7. The van der Waals surface area contributed by atoms with E-state index in [0.717, 1.165) is 17.7 Å². The molecule has 0 fully saturated rings. The van der Waals surface area contributed by atoms with E-state index >= 15 is 0 Å². The molecular formula is C13H19NO3. The van der Waals surface area contributed by atoms with Crippen molar-refractivity contribution in [2.24, 2.45) is 5.73 Å². The number of hydrogen-bond acceptors (Lipinski definition) is 3. The molecule has 0 heterocycles. The Labute approximate surface area is 101 Å². The average Bonchev–Trinajstić information content (AvgIpc) is 2.33. The van der Waals surface area contributed by atoms with E-state index in [0.29, 0.717) is 13.2 Å². The van der Waals surface area contributed by atoms with Crippen molar-refractivity contribution in [1.29, 1.82) is 0 Å². The smallest absolute Gasteiger partial charge is 0.304 e. The average molecular weight is 237 g/mol. The number of hydrogen-bond donors (Lipinski definition) is 2. The first-order valence-corrected chi connectivity index (χ1v) is 5.82. The lowest BCUT2D eigenvalue weighted by Gasteiger charge is -2.14. The van der Waals surface area contributed by atoms with Crippen LogP contribution in [0.5, 0.6) is 5.75 Å². The normalized spacial score (nSPS) is 12.1. The first-order valence-electron chi connectivity index (χ1n) is 5.82. The van der Waals surface area contributed by atoms with Crippen LogP contribution in [0.25, 0.3) is 0 Å². The largest absolute Gasteiger partial charge is 0.494 e. The van der Waals surface area contributed by atoms with Gasteiger partial charge in [0.2, 0.25) is 0 Å². The Hall–Kier alpha value is -1.55. The number of carboxylic acids is 1. The molecule has 0 spiro atoms. The highest BCUT2D eigenvalue weighted by Crippen LogP contribution is 2.23. The molecule has 0 aliphatic rings. The van der Waals surface area contributed by atoms with Gasteiger partial charge in [0.25, 0.3) is 0 Å². The molecule has 4 heteroatoms. The topological polar surface area (TPSA) is 72.5 Å². The van der Waals surface area contributed by atoms with Gasteiger partial charge < -0.3 is 15.6 Å². The van der Waals surface area contributed by atoms with Crippen LogP contribution in [0.3, 0.4) is 0 Å². The van der Waals surface area contributed by atoms with Gasteiger partial charge in [-0.3, -0.25) is 4.79 Å². The fourth-order valence-electron chi connectivity index (χ4n) is 1.63. The summed E-state index contributed by atoms with van der Waals surface area (Å²) in [6, 6.07) is 7.49. The highest BCUT2D eigenvalue weighted by Gasteiger charge is 2.14. The van der Waals surface area contributed by atoms with Crippen LogP contribution in [-0.4, -0.2) is 24.2 Å². The molecule has 0 aromatic heterocycles. The van der Waals surface area contributed by atoms with Crippen molar-refractivity contribution in [1.82, 2.24) is 0 Å². The minimum Gasteiger partial charge on any atom is -0.494 e. The minimum atomic E-state index is -0.833. The molecule has 0 saturated carbocycles. The van der Waals surface area contributed by atoms with Crippen molar-refractivity contribution in [3.05, 3.63) is 29.8 Å². The minimum absolute atomic E-state index is 0.0493. The lowest BCUT2D eigenvalue weighted by molar-refractivity contribution is -0.137. The SMILES string of the molecule is CCCOc1cccc(C(CN)CC(=O)O)c1. The summed E-state index contributed by atoms with van der Waals surface area (Å²) in [6.45, 7) is 3.02. The Kier molecular flexibility index (Phi) is 5.49. The summed E-state index contributed by atoms with van der Waals surface area (Å²) in [6.07, 6.45) is 0.993.